The zero-order valence-corrected chi connectivity index (χ0v) is 13.1. The summed E-state index contributed by atoms with van der Waals surface area (Å²) in [4.78, 5) is 8.88. The predicted octanol–water partition coefficient (Wildman–Crippen LogP) is 3.24. The molecule has 2 rings (SSSR count). The summed E-state index contributed by atoms with van der Waals surface area (Å²) in [5.74, 6) is 0.606. The van der Waals surface area contributed by atoms with Gasteiger partial charge in [-0.1, -0.05) is 27.2 Å². The number of rotatable bonds is 5. The molecule has 1 aliphatic rings. The standard InChI is InChI=1S/C16H27N3O/c1-11(2)17-9-14-10-18-16(19-13(14)4)20-15-8-6-5-7-12(15)3/h10-12,15,17H,5-9H2,1-4H3. The predicted molar refractivity (Wildman–Crippen MR) is 80.8 cm³/mol. The summed E-state index contributed by atoms with van der Waals surface area (Å²) < 4.78 is 5.99. The molecule has 1 saturated carbocycles. The lowest BCUT2D eigenvalue weighted by atomic mass is 9.88. The molecule has 4 nitrogen and oxygen atoms in total. The largest absolute Gasteiger partial charge is 0.460 e. The Morgan fingerprint density at radius 1 is 1.35 bits per heavy atom. The number of hydrogen-bond donors (Lipinski definition) is 1. The SMILES string of the molecule is Cc1nc(OC2CCCCC2C)ncc1CNC(C)C. The van der Waals surface area contributed by atoms with Crippen molar-refractivity contribution in [2.24, 2.45) is 5.92 Å². The minimum absolute atomic E-state index is 0.280. The molecule has 0 amide bonds. The van der Waals surface area contributed by atoms with E-state index in [0.717, 1.165) is 24.2 Å². The summed E-state index contributed by atoms with van der Waals surface area (Å²) in [7, 11) is 0. The number of ether oxygens (including phenoxy) is 1. The first-order valence-electron chi connectivity index (χ1n) is 7.79. The first-order valence-corrected chi connectivity index (χ1v) is 7.79. The zero-order chi connectivity index (χ0) is 14.5. The summed E-state index contributed by atoms with van der Waals surface area (Å²) in [6.45, 7) is 9.37. The van der Waals surface area contributed by atoms with E-state index in [2.05, 4.69) is 36.1 Å². The summed E-state index contributed by atoms with van der Waals surface area (Å²) in [5.41, 5.74) is 2.15. The molecule has 0 aromatic carbocycles. The Balaban J connectivity index is 1.97. The summed E-state index contributed by atoms with van der Waals surface area (Å²) in [6, 6.07) is 1.00. The van der Waals surface area contributed by atoms with E-state index in [1.807, 2.05) is 13.1 Å². The summed E-state index contributed by atoms with van der Waals surface area (Å²) in [5, 5.41) is 3.39. The average molecular weight is 277 g/mol. The molecule has 20 heavy (non-hydrogen) atoms. The lowest BCUT2D eigenvalue weighted by Gasteiger charge is -2.28. The van der Waals surface area contributed by atoms with E-state index in [0.29, 0.717) is 18.0 Å². The van der Waals surface area contributed by atoms with Gasteiger partial charge in [-0.15, -0.1) is 0 Å². The maximum Gasteiger partial charge on any atom is 0.316 e. The van der Waals surface area contributed by atoms with Gasteiger partial charge in [0, 0.05) is 30.0 Å². The van der Waals surface area contributed by atoms with Crippen LogP contribution >= 0.6 is 0 Å². The smallest absolute Gasteiger partial charge is 0.316 e. The summed E-state index contributed by atoms with van der Waals surface area (Å²) >= 11 is 0. The first kappa shape index (κ1) is 15.2. The maximum atomic E-state index is 5.99. The Hall–Kier alpha value is -1.16. The second-order valence-corrected chi connectivity index (χ2v) is 6.22. The van der Waals surface area contributed by atoms with Crippen LogP contribution in [0.5, 0.6) is 6.01 Å². The minimum atomic E-state index is 0.280. The van der Waals surface area contributed by atoms with Crippen molar-refractivity contribution in [3.05, 3.63) is 17.5 Å². The van der Waals surface area contributed by atoms with Crippen molar-refractivity contribution in [3.8, 4) is 6.01 Å². The monoisotopic (exact) mass is 277 g/mol. The Morgan fingerprint density at radius 2 is 2.10 bits per heavy atom. The molecule has 1 aliphatic carbocycles. The number of aromatic nitrogens is 2. The molecular weight excluding hydrogens is 250 g/mol. The molecule has 0 bridgehead atoms. The van der Waals surface area contributed by atoms with Crippen LogP contribution in [-0.2, 0) is 6.54 Å². The van der Waals surface area contributed by atoms with Gasteiger partial charge in [-0.05, 0) is 32.1 Å². The van der Waals surface area contributed by atoms with E-state index < -0.39 is 0 Å². The quantitative estimate of drug-likeness (QED) is 0.897. The van der Waals surface area contributed by atoms with E-state index >= 15 is 0 Å². The minimum Gasteiger partial charge on any atom is -0.460 e. The fourth-order valence-corrected chi connectivity index (χ4v) is 2.61. The van der Waals surface area contributed by atoms with Crippen LogP contribution in [0.4, 0.5) is 0 Å². The van der Waals surface area contributed by atoms with Crippen molar-refractivity contribution in [2.75, 3.05) is 0 Å². The molecule has 1 aromatic rings. The van der Waals surface area contributed by atoms with E-state index in [4.69, 9.17) is 4.74 Å². The number of hydrogen-bond acceptors (Lipinski definition) is 4. The van der Waals surface area contributed by atoms with Gasteiger partial charge in [-0.25, -0.2) is 9.97 Å². The van der Waals surface area contributed by atoms with Crippen LogP contribution in [0.15, 0.2) is 6.20 Å². The highest BCUT2D eigenvalue weighted by Gasteiger charge is 2.23. The first-order chi connectivity index (χ1) is 9.56. The molecule has 0 saturated heterocycles. The molecule has 1 N–H and O–H groups in total. The van der Waals surface area contributed by atoms with Crippen molar-refractivity contribution in [3.63, 3.8) is 0 Å². The van der Waals surface area contributed by atoms with Gasteiger partial charge in [-0.3, -0.25) is 0 Å². The van der Waals surface area contributed by atoms with Gasteiger partial charge in [-0.2, -0.15) is 0 Å². The van der Waals surface area contributed by atoms with Crippen LogP contribution in [0.25, 0.3) is 0 Å². The van der Waals surface area contributed by atoms with Gasteiger partial charge in [0.05, 0.1) is 0 Å². The highest BCUT2D eigenvalue weighted by molar-refractivity contribution is 5.17. The maximum absolute atomic E-state index is 5.99. The molecule has 0 radical (unpaired) electrons. The highest BCUT2D eigenvalue weighted by Crippen LogP contribution is 2.26. The van der Waals surface area contributed by atoms with Gasteiger partial charge < -0.3 is 10.1 Å². The van der Waals surface area contributed by atoms with Crippen molar-refractivity contribution in [1.29, 1.82) is 0 Å². The highest BCUT2D eigenvalue weighted by atomic mass is 16.5. The Labute approximate surface area is 122 Å². The Morgan fingerprint density at radius 3 is 2.75 bits per heavy atom. The summed E-state index contributed by atoms with van der Waals surface area (Å²) in [6.07, 6.45) is 7.12. The molecule has 0 aliphatic heterocycles. The van der Waals surface area contributed by atoms with Gasteiger partial charge in [0.15, 0.2) is 0 Å². The van der Waals surface area contributed by atoms with Crippen LogP contribution in [-0.4, -0.2) is 22.1 Å². The zero-order valence-electron chi connectivity index (χ0n) is 13.1. The molecular formula is C16H27N3O. The molecule has 1 fully saturated rings. The van der Waals surface area contributed by atoms with Gasteiger partial charge in [0.2, 0.25) is 0 Å². The van der Waals surface area contributed by atoms with Crippen LogP contribution in [0.3, 0.4) is 0 Å². The van der Waals surface area contributed by atoms with Crippen LogP contribution < -0.4 is 10.1 Å². The molecule has 112 valence electrons. The molecule has 2 unspecified atom stereocenters. The second-order valence-electron chi connectivity index (χ2n) is 6.22. The Kier molecular flexibility index (Phi) is 5.35. The fourth-order valence-electron chi connectivity index (χ4n) is 2.61. The van der Waals surface area contributed by atoms with Crippen molar-refractivity contribution in [2.45, 2.75) is 72.1 Å². The third-order valence-corrected chi connectivity index (χ3v) is 4.05. The number of nitrogens with zero attached hydrogens (tertiary/aromatic N) is 2. The average Bonchev–Trinajstić information content (AvgIpc) is 2.40. The molecule has 4 heteroatoms. The third kappa shape index (κ3) is 4.17. The van der Waals surface area contributed by atoms with Crippen molar-refractivity contribution < 1.29 is 4.74 Å². The van der Waals surface area contributed by atoms with Crippen molar-refractivity contribution >= 4 is 0 Å². The van der Waals surface area contributed by atoms with E-state index in [9.17, 15) is 0 Å². The van der Waals surface area contributed by atoms with Gasteiger partial charge >= 0.3 is 6.01 Å². The van der Waals surface area contributed by atoms with E-state index in [1.54, 1.807) is 0 Å². The molecule has 0 spiro atoms. The molecule has 1 heterocycles. The van der Waals surface area contributed by atoms with E-state index in [-0.39, 0.29) is 6.10 Å². The van der Waals surface area contributed by atoms with E-state index in [1.165, 1.54) is 19.3 Å². The topological polar surface area (TPSA) is 47.0 Å². The second kappa shape index (κ2) is 7.02. The lowest BCUT2D eigenvalue weighted by Crippen LogP contribution is -2.29. The normalized spacial score (nSPS) is 23.1. The van der Waals surface area contributed by atoms with Crippen molar-refractivity contribution in [1.82, 2.24) is 15.3 Å². The molecule has 1 aromatic heterocycles. The fraction of sp³-hybridized carbons (Fsp3) is 0.750. The van der Waals surface area contributed by atoms with Crippen LogP contribution in [0.2, 0.25) is 0 Å². The van der Waals surface area contributed by atoms with Crippen LogP contribution in [0, 0.1) is 12.8 Å². The number of nitrogens with one attached hydrogen (secondary N) is 1. The Bertz CT molecular complexity index is 434. The van der Waals surface area contributed by atoms with Gasteiger partial charge in [0.25, 0.3) is 0 Å². The van der Waals surface area contributed by atoms with Crippen LogP contribution in [0.1, 0.15) is 57.7 Å². The number of aryl methyl sites for hydroxylation is 1. The lowest BCUT2D eigenvalue weighted by molar-refractivity contribution is 0.0920. The molecule has 2 atom stereocenters. The third-order valence-electron chi connectivity index (χ3n) is 4.05. The van der Waals surface area contributed by atoms with Gasteiger partial charge in [0.1, 0.15) is 6.10 Å².